The van der Waals surface area contributed by atoms with E-state index in [0.717, 1.165) is 22.2 Å². The lowest BCUT2D eigenvalue weighted by atomic mass is 9.80. The van der Waals surface area contributed by atoms with Crippen LogP contribution in [0.5, 0.6) is 0 Å². The molecule has 19 heavy (non-hydrogen) atoms. The average molecular weight is 321 g/mol. The van der Waals surface area contributed by atoms with Gasteiger partial charge in [0.25, 0.3) is 0 Å². The third-order valence-electron chi connectivity index (χ3n) is 4.45. The Kier molecular flexibility index (Phi) is 3.21. The number of rotatable bonds is 3. The first-order valence-electron chi connectivity index (χ1n) is 6.71. The highest BCUT2D eigenvalue weighted by atomic mass is 79.9. The second-order valence-electron chi connectivity index (χ2n) is 5.65. The molecule has 2 aliphatic rings. The zero-order chi connectivity index (χ0) is 13.5. The molecule has 1 amide bonds. The number of carbonyl (C=O) groups excluding carboxylic acids is 1. The molecule has 0 saturated heterocycles. The van der Waals surface area contributed by atoms with Crippen LogP contribution in [0.2, 0.25) is 0 Å². The van der Waals surface area contributed by atoms with Crippen LogP contribution in [-0.2, 0) is 4.79 Å². The predicted molar refractivity (Wildman–Crippen MR) is 78.9 cm³/mol. The maximum absolute atomic E-state index is 12.0. The lowest BCUT2D eigenvalue weighted by molar-refractivity contribution is -0.123. The Labute approximate surface area is 121 Å². The Morgan fingerprint density at radius 3 is 2.58 bits per heavy atom. The highest BCUT2D eigenvalue weighted by Gasteiger charge is 2.60. The van der Waals surface area contributed by atoms with Crippen molar-refractivity contribution in [3.63, 3.8) is 0 Å². The molecule has 2 fully saturated rings. The van der Waals surface area contributed by atoms with Crippen LogP contribution < -0.4 is 5.43 Å². The zero-order valence-electron chi connectivity index (χ0n) is 10.9. The summed E-state index contributed by atoms with van der Waals surface area (Å²) >= 11 is 3.40. The molecule has 1 spiro atoms. The predicted octanol–water partition coefficient (Wildman–Crippen LogP) is 3.48. The van der Waals surface area contributed by atoms with Gasteiger partial charge in [0, 0.05) is 10.4 Å². The summed E-state index contributed by atoms with van der Waals surface area (Å²) in [6.45, 7) is 1.91. The van der Waals surface area contributed by atoms with Crippen LogP contribution in [0.3, 0.4) is 0 Å². The molecule has 0 bridgehead atoms. The van der Waals surface area contributed by atoms with E-state index in [9.17, 15) is 4.79 Å². The summed E-state index contributed by atoms with van der Waals surface area (Å²) in [5, 5.41) is 4.21. The van der Waals surface area contributed by atoms with Gasteiger partial charge in [-0.15, -0.1) is 0 Å². The number of amides is 1. The molecule has 0 radical (unpaired) electrons. The molecule has 3 nitrogen and oxygen atoms in total. The number of carbonyl (C=O) groups is 1. The topological polar surface area (TPSA) is 41.5 Å². The van der Waals surface area contributed by atoms with E-state index < -0.39 is 0 Å². The molecule has 1 aromatic carbocycles. The molecule has 1 aromatic rings. The Bertz CT molecular complexity index is 532. The maximum atomic E-state index is 12.0. The van der Waals surface area contributed by atoms with Crippen LogP contribution in [0.1, 0.15) is 38.2 Å². The van der Waals surface area contributed by atoms with E-state index >= 15 is 0 Å². The van der Waals surface area contributed by atoms with Gasteiger partial charge in [0.2, 0.25) is 5.91 Å². The number of hydrogen-bond acceptors (Lipinski definition) is 2. The Morgan fingerprint density at radius 1 is 1.37 bits per heavy atom. The van der Waals surface area contributed by atoms with E-state index in [-0.39, 0.29) is 11.8 Å². The smallest absolute Gasteiger partial charge is 0.243 e. The van der Waals surface area contributed by atoms with Crippen molar-refractivity contribution in [1.82, 2.24) is 5.43 Å². The first-order chi connectivity index (χ1) is 9.11. The number of benzene rings is 1. The summed E-state index contributed by atoms with van der Waals surface area (Å²) in [7, 11) is 0. The minimum Gasteiger partial charge on any atom is -0.273 e. The minimum absolute atomic E-state index is 0.0937. The van der Waals surface area contributed by atoms with Crippen molar-refractivity contribution in [1.29, 1.82) is 0 Å². The number of nitrogens with zero attached hydrogens (tertiary/aromatic N) is 1. The fourth-order valence-electron chi connectivity index (χ4n) is 2.87. The molecule has 3 rings (SSSR count). The van der Waals surface area contributed by atoms with Gasteiger partial charge in [-0.3, -0.25) is 4.79 Å². The molecule has 0 aliphatic heterocycles. The molecule has 2 saturated carbocycles. The number of halogens is 1. The lowest BCUT2D eigenvalue weighted by Crippen LogP contribution is -2.26. The van der Waals surface area contributed by atoms with E-state index in [4.69, 9.17) is 0 Å². The fraction of sp³-hybridized carbons (Fsp3) is 0.467. The molecule has 0 aromatic heterocycles. The van der Waals surface area contributed by atoms with Crippen LogP contribution in [0.25, 0.3) is 0 Å². The highest BCUT2D eigenvalue weighted by molar-refractivity contribution is 9.10. The number of hydrazone groups is 1. The summed E-state index contributed by atoms with van der Waals surface area (Å²) in [5.41, 5.74) is 4.95. The maximum Gasteiger partial charge on any atom is 0.243 e. The monoisotopic (exact) mass is 320 g/mol. The van der Waals surface area contributed by atoms with Gasteiger partial charge in [-0.25, -0.2) is 5.43 Å². The molecule has 2 aliphatic carbocycles. The first kappa shape index (κ1) is 12.9. The van der Waals surface area contributed by atoms with E-state index in [1.807, 2.05) is 31.2 Å². The van der Waals surface area contributed by atoms with E-state index in [2.05, 4.69) is 26.5 Å². The normalized spacial score (nSPS) is 23.9. The molecule has 1 atom stereocenters. The first-order valence-corrected chi connectivity index (χ1v) is 7.50. The quantitative estimate of drug-likeness (QED) is 0.672. The van der Waals surface area contributed by atoms with Gasteiger partial charge in [-0.2, -0.15) is 5.10 Å². The summed E-state index contributed by atoms with van der Waals surface area (Å²) in [6, 6.07) is 7.92. The minimum atomic E-state index is 0.0937. The molecular weight excluding hydrogens is 304 g/mol. The number of hydrogen-bond donors (Lipinski definition) is 1. The second-order valence-corrected chi connectivity index (χ2v) is 6.57. The summed E-state index contributed by atoms with van der Waals surface area (Å²) < 4.78 is 1.04. The zero-order valence-corrected chi connectivity index (χ0v) is 12.5. The van der Waals surface area contributed by atoms with Crippen molar-refractivity contribution >= 4 is 27.5 Å². The van der Waals surface area contributed by atoms with Crippen LogP contribution in [0, 0.1) is 11.3 Å². The largest absolute Gasteiger partial charge is 0.273 e. The van der Waals surface area contributed by atoms with Crippen LogP contribution in [-0.4, -0.2) is 11.6 Å². The van der Waals surface area contributed by atoms with Crippen molar-refractivity contribution in [3.05, 3.63) is 34.3 Å². The summed E-state index contributed by atoms with van der Waals surface area (Å²) in [5.74, 6) is 0.305. The van der Waals surface area contributed by atoms with Crippen molar-refractivity contribution in [2.75, 3.05) is 0 Å². The van der Waals surface area contributed by atoms with Crippen LogP contribution in [0.4, 0.5) is 0 Å². The molecule has 0 heterocycles. The van der Waals surface area contributed by atoms with Gasteiger partial charge in [0.1, 0.15) is 0 Å². The van der Waals surface area contributed by atoms with Crippen molar-refractivity contribution in [2.45, 2.75) is 32.6 Å². The Hall–Kier alpha value is -1.16. The molecule has 100 valence electrons. The van der Waals surface area contributed by atoms with Crippen LogP contribution >= 0.6 is 15.9 Å². The third kappa shape index (κ3) is 2.46. The summed E-state index contributed by atoms with van der Waals surface area (Å²) in [6.07, 6.45) is 4.79. The van der Waals surface area contributed by atoms with Gasteiger partial charge in [-0.1, -0.05) is 34.5 Å². The second kappa shape index (κ2) is 4.75. The van der Waals surface area contributed by atoms with Crippen LogP contribution in [0.15, 0.2) is 33.8 Å². The van der Waals surface area contributed by atoms with Crippen molar-refractivity contribution in [2.24, 2.45) is 16.4 Å². The van der Waals surface area contributed by atoms with E-state index in [1.165, 1.54) is 19.3 Å². The van der Waals surface area contributed by atoms with Crippen molar-refractivity contribution < 1.29 is 4.79 Å². The Morgan fingerprint density at radius 2 is 2.05 bits per heavy atom. The fourth-order valence-corrected chi connectivity index (χ4v) is 3.14. The average Bonchev–Trinajstić information content (AvgIpc) is 3.12. The van der Waals surface area contributed by atoms with Gasteiger partial charge in [-0.05, 0) is 49.3 Å². The van der Waals surface area contributed by atoms with Gasteiger partial charge in [0.05, 0.1) is 5.71 Å². The number of nitrogens with one attached hydrogen (secondary N) is 1. The summed E-state index contributed by atoms with van der Waals surface area (Å²) in [4.78, 5) is 12.0. The highest BCUT2D eigenvalue weighted by Crippen LogP contribution is 2.65. The molecular formula is C15H17BrN2O. The van der Waals surface area contributed by atoms with Gasteiger partial charge in [0.15, 0.2) is 0 Å². The van der Waals surface area contributed by atoms with E-state index in [1.54, 1.807) is 0 Å². The van der Waals surface area contributed by atoms with Gasteiger partial charge >= 0.3 is 0 Å². The van der Waals surface area contributed by atoms with Gasteiger partial charge < -0.3 is 0 Å². The lowest BCUT2D eigenvalue weighted by Gasteiger charge is -2.25. The van der Waals surface area contributed by atoms with Crippen molar-refractivity contribution in [3.8, 4) is 0 Å². The standard InChI is InChI=1S/C15H17BrN2O/c1-10(11-3-5-12(16)6-4-11)17-18-14(19)13-9-15(13)7-2-8-15/h3-6,13H,2,7-9H2,1H3,(H,18,19)/t13-/m0/s1. The third-order valence-corrected chi connectivity index (χ3v) is 4.98. The molecule has 0 unspecified atom stereocenters. The van der Waals surface area contributed by atoms with E-state index in [0.29, 0.717) is 5.41 Å². The molecule has 1 N–H and O–H groups in total. The Balaban J connectivity index is 1.60. The SMILES string of the molecule is CC(=NNC(=O)[C@@H]1CC12CCC2)c1ccc(Br)cc1. The molecule has 4 heteroatoms.